The van der Waals surface area contributed by atoms with Crippen LogP contribution < -0.4 is 16.4 Å². The van der Waals surface area contributed by atoms with E-state index < -0.39 is 12.3 Å². The van der Waals surface area contributed by atoms with Crippen molar-refractivity contribution in [2.24, 2.45) is 17.6 Å². The quantitative estimate of drug-likeness (QED) is 0.187. The Bertz CT molecular complexity index is 840. The number of nitrogens with zero attached hydrogens (tertiary/aromatic N) is 1. The maximum Gasteiger partial charge on any atom is 0.224 e. The van der Waals surface area contributed by atoms with Crippen LogP contribution in [0.15, 0.2) is 18.2 Å². The number of benzene rings is 1. The molecule has 0 aromatic heterocycles. The lowest BCUT2D eigenvalue weighted by Crippen LogP contribution is -2.59. The Morgan fingerprint density at radius 2 is 1.84 bits per heavy atom. The Kier molecular flexibility index (Phi) is 7.79. The monoisotopic (exact) mass is 447 g/mol. The number of aliphatic hydroxyl groups is 1. The van der Waals surface area contributed by atoms with Crippen molar-refractivity contribution in [2.75, 3.05) is 13.1 Å². The number of nitrogens with two attached hydrogens (primary N) is 1. The van der Waals surface area contributed by atoms with E-state index >= 15 is 0 Å². The molecule has 2 aliphatic rings. The maximum atomic E-state index is 12.7. The van der Waals surface area contributed by atoms with Gasteiger partial charge in [0.1, 0.15) is 6.23 Å². The van der Waals surface area contributed by atoms with E-state index in [4.69, 9.17) is 11.1 Å². The molecular weight excluding hydrogens is 414 g/mol. The fourth-order valence-electron chi connectivity index (χ4n) is 4.50. The van der Waals surface area contributed by atoms with E-state index in [0.717, 1.165) is 32.1 Å². The molecule has 1 saturated heterocycles. The first kappa shape index (κ1) is 23.6. The first-order valence-corrected chi connectivity index (χ1v) is 11.1. The van der Waals surface area contributed by atoms with Crippen molar-refractivity contribution in [3.63, 3.8) is 0 Å². The van der Waals surface area contributed by atoms with E-state index in [1.54, 1.807) is 6.07 Å². The van der Waals surface area contributed by atoms with Crippen LogP contribution in [0.2, 0.25) is 0 Å². The number of likely N-dealkylation sites (tertiary alicyclic amines) is 1. The molecule has 1 aromatic carbocycles. The molecule has 1 aromatic rings. The summed E-state index contributed by atoms with van der Waals surface area (Å²) in [5, 5.41) is 42.6. The number of phenols is 2. The van der Waals surface area contributed by atoms with E-state index in [0.29, 0.717) is 31.0 Å². The van der Waals surface area contributed by atoms with Gasteiger partial charge in [-0.2, -0.15) is 0 Å². The van der Waals surface area contributed by atoms with Crippen LogP contribution in [0.1, 0.15) is 44.1 Å². The van der Waals surface area contributed by atoms with Crippen LogP contribution >= 0.6 is 0 Å². The smallest absolute Gasteiger partial charge is 0.224 e. The second-order valence-electron chi connectivity index (χ2n) is 8.77. The lowest BCUT2D eigenvalue weighted by Gasteiger charge is -2.39. The second-order valence-corrected chi connectivity index (χ2v) is 8.77. The molecule has 2 amide bonds. The summed E-state index contributed by atoms with van der Waals surface area (Å²) in [7, 11) is 0. The minimum atomic E-state index is -0.979. The minimum absolute atomic E-state index is 0.0749. The lowest BCUT2D eigenvalue weighted by atomic mass is 9.81. The SMILES string of the molecule is N=C(N)N1CCC[C@H](NC(=O)C2CCC(CNC(=O)Cc3ccc(O)c(O)c3)CC2)C1O. The van der Waals surface area contributed by atoms with Crippen molar-refractivity contribution >= 4 is 17.8 Å². The van der Waals surface area contributed by atoms with Crippen LogP contribution in [0.5, 0.6) is 11.5 Å². The number of amides is 2. The predicted molar refractivity (Wildman–Crippen MR) is 118 cm³/mol. The van der Waals surface area contributed by atoms with Crippen molar-refractivity contribution in [2.45, 2.75) is 57.2 Å². The van der Waals surface area contributed by atoms with E-state index in [2.05, 4.69) is 10.6 Å². The van der Waals surface area contributed by atoms with Gasteiger partial charge in [0.2, 0.25) is 11.8 Å². The van der Waals surface area contributed by atoms with E-state index in [9.17, 15) is 24.9 Å². The molecular formula is C22H33N5O5. The molecule has 10 nitrogen and oxygen atoms in total. The van der Waals surface area contributed by atoms with Crippen molar-refractivity contribution < 1.29 is 24.9 Å². The summed E-state index contributed by atoms with van der Waals surface area (Å²) in [6.45, 7) is 1.04. The summed E-state index contributed by atoms with van der Waals surface area (Å²) < 4.78 is 0. The zero-order valence-electron chi connectivity index (χ0n) is 18.1. The van der Waals surface area contributed by atoms with Gasteiger partial charge in [-0.15, -0.1) is 0 Å². The molecule has 8 N–H and O–H groups in total. The van der Waals surface area contributed by atoms with Crippen LogP contribution in [0.3, 0.4) is 0 Å². The molecule has 1 aliphatic carbocycles. The topological polar surface area (TPSA) is 172 Å². The summed E-state index contributed by atoms with van der Waals surface area (Å²) >= 11 is 0. The third-order valence-corrected chi connectivity index (χ3v) is 6.44. The number of piperidine rings is 1. The van der Waals surface area contributed by atoms with Crippen molar-refractivity contribution in [1.29, 1.82) is 5.41 Å². The number of hydrogen-bond acceptors (Lipinski definition) is 6. The highest BCUT2D eigenvalue weighted by molar-refractivity contribution is 5.80. The Labute approximate surface area is 187 Å². The van der Waals surface area contributed by atoms with Crippen molar-refractivity contribution in [3.05, 3.63) is 23.8 Å². The number of guanidine groups is 1. The molecule has 0 bridgehead atoms. The number of nitrogens with one attached hydrogen (secondary N) is 3. The first-order valence-electron chi connectivity index (χ1n) is 11.1. The van der Waals surface area contributed by atoms with Gasteiger partial charge in [0, 0.05) is 19.0 Å². The molecule has 176 valence electrons. The zero-order valence-corrected chi connectivity index (χ0v) is 18.1. The molecule has 1 aliphatic heterocycles. The average molecular weight is 448 g/mol. The number of phenolic OH excluding ortho intramolecular Hbond substituents is 2. The summed E-state index contributed by atoms with van der Waals surface area (Å²) in [6, 6.07) is 3.89. The summed E-state index contributed by atoms with van der Waals surface area (Å²) in [5.41, 5.74) is 6.12. The number of aliphatic hydroxyl groups excluding tert-OH is 1. The van der Waals surface area contributed by atoms with Gasteiger partial charge in [-0.3, -0.25) is 15.0 Å². The molecule has 10 heteroatoms. The fourth-order valence-corrected chi connectivity index (χ4v) is 4.50. The third kappa shape index (κ3) is 6.03. The Morgan fingerprint density at radius 1 is 1.12 bits per heavy atom. The maximum absolute atomic E-state index is 12.7. The molecule has 2 atom stereocenters. The molecule has 32 heavy (non-hydrogen) atoms. The van der Waals surface area contributed by atoms with Gasteiger partial charge in [0.25, 0.3) is 0 Å². The third-order valence-electron chi connectivity index (χ3n) is 6.44. The highest BCUT2D eigenvalue weighted by atomic mass is 16.3. The average Bonchev–Trinajstić information content (AvgIpc) is 2.76. The Hall–Kier alpha value is -3.01. The zero-order chi connectivity index (χ0) is 23.3. The number of aromatic hydroxyl groups is 2. The van der Waals surface area contributed by atoms with E-state index in [1.165, 1.54) is 17.0 Å². The highest BCUT2D eigenvalue weighted by Gasteiger charge is 2.34. The van der Waals surface area contributed by atoms with Gasteiger partial charge in [0.15, 0.2) is 17.5 Å². The number of rotatable bonds is 6. The Morgan fingerprint density at radius 3 is 2.50 bits per heavy atom. The van der Waals surface area contributed by atoms with Crippen LogP contribution in [0.4, 0.5) is 0 Å². The molecule has 1 unspecified atom stereocenters. The number of carbonyl (C=O) groups is 2. The minimum Gasteiger partial charge on any atom is -0.504 e. The van der Waals surface area contributed by atoms with Gasteiger partial charge in [0.05, 0.1) is 12.5 Å². The standard InChI is InChI=1S/C22H33N5O5/c23-22(24)27-9-1-2-16(21(27)32)26-20(31)15-6-3-13(4-7-15)12-25-19(30)11-14-5-8-17(28)18(29)10-14/h5,8,10,13,15-16,21,28-29,32H,1-4,6-7,9,11-12H2,(H3,23,24)(H,25,30)(H,26,31)/t13?,15?,16-,21?/m0/s1. The molecule has 1 heterocycles. The fraction of sp³-hybridized carbons (Fsp3) is 0.591. The molecule has 0 radical (unpaired) electrons. The highest BCUT2D eigenvalue weighted by Crippen LogP contribution is 2.29. The number of carbonyl (C=O) groups excluding carboxylic acids is 2. The van der Waals surface area contributed by atoms with Crippen LogP contribution in [-0.4, -0.2) is 63.4 Å². The normalized spacial score (nSPS) is 25.7. The largest absolute Gasteiger partial charge is 0.504 e. The molecule has 2 fully saturated rings. The summed E-state index contributed by atoms with van der Waals surface area (Å²) in [6.07, 6.45) is 3.62. The van der Waals surface area contributed by atoms with Crippen molar-refractivity contribution in [1.82, 2.24) is 15.5 Å². The van der Waals surface area contributed by atoms with E-state index in [-0.39, 0.29) is 41.6 Å². The summed E-state index contributed by atoms with van der Waals surface area (Å²) in [5.74, 6) is -0.719. The van der Waals surface area contributed by atoms with E-state index in [1.807, 2.05) is 0 Å². The molecule has 3 rings (SSSR count). The van der Waals surface area contributed by atoms with Gasteiger partial charge >= 0.3 is 0 Å². The van der Waals surface area contributed by atoms with Gasteiger partial charge in [-0.1, -0.05) is 6.07 Å². The first-order chi connectivity index (χ1) is 15.2. The number of hydrogen-bond donors (Lipinski definition) is 7. The van der Waals surface area contributed by atoms with Crippen LogP contribution in [0, 0.1) is 17.2 Å². The van der Waals surface area contributed by atoms with Crippen LogP contribution in [0.25, 0.3) is 0 Å². The molecule has 1 saturated carbocycles. The lowest BCUT2D eigenvalue weighted by molar-refractivity contribution is -0.129. The Balaban J connectivity index is 1.39. The molecule has 0 spiro atoms. The van der Waals surface area contributed by atoms with Crippen molar-refractivity contribution in [3.8, 4) is 11.5 Å². The second kappa shape index (κ2) is 10.5. The summed E-state index contributed by atoms with van der Waals surface area (Å²) in [4.78, 5) is 26.3. The van der Waals surface area contributed by atoms with Gasteiger partial charge in [-0.05, 0) is 62.1 Å². The van der Waals surface area contributed by atoms with Gasteiger partial charge < -0.3 is 36.6 Å². The van der Waals surface area contributed by atoms with Gasteiger partial charge in [-0.25, -0.2) is 0 Å². The predicted octanol–water partition coefficient (Wildman–Crippen LogP) is 0.355. The van der Waals surface area contributed by atoms with Crippen LogP contribution in [-0.2, 0) is 16.0 Å².